The Morgan fingerprint density at radius 3 is 2.41 bits per heavy atom. The van der Waals surface area contributed by atoms with Gasteiger partial charge in [-0.2, -0.15) is 0 Å². The van der Waals surface area contributed by atoms with Gasteiger partial charge in [0.1, 0.15) is 5.82 Å². The third-order valence-corrected chi connectivity index (χ3v) is 3.42. The topological polar surface area (TPSA) is 37.8 Å². The fourth-order valence-corrected chi connectivity index (χ4v) is 1.95. The zero-order chi connectivity index (χ0) is 12.7. The number of hydrogen-bond acceptors (Lipinski definition) is 4. The van der Waals surface area contributed by atoms with Gasteiger partial charge in [-0.15, -0.1) is 11.8 Å². The van der Waals surface area contributed by atoms with E-state index in [1.807, 2.05) is 24.2 Å². The highest BCUT2D eigenvalue weighted by Gasteiger charge is 2.11. The molecule has 0 radical (unpaired) electrons. The zero-order valence-electron chi connectivity index (χ0n) is 11.3. The van der Waals surface area contributed by atoms with Crippen LogP contribution in [-0.2, 0) is 12.3 Å². The minimum Gasteiger partial charge on any atom is -0.313 e. The standard InChI is InChI=1S/C13H23N3S/c1-5-6-14-7-11-8-15-12(16-9-11)10-17-13(2,3)4/h8-9,14H,5-7,10H2,1-4H3. The van der Waals surface area contributed by atoms with Gasteiger partial charge in [0.2, 0.25) is 0 Å². The number of nitrogens with zero attached hydrogens (tertiary/aromatic N) is 2. The van der Waals surface area contributed by atoms with Gasteiger partial charge in [-0.05, 0) is 13.0 Å². The molecule has 1 rings (SSSR count). The number of aromatic nitrogens is 2. The molecule has 0 atom stereocenters. The molecule has 17 heavy (non-hydrogen) atoms. The lowest BCUT2D eigenvalue weighted by atomic mass is 10.3. The highest BCUT2D eigenvalue weighted by atomic mass is 32.2. The van der Waals surface area contributed by atoms with Gasteiger partial charge in [-0.25, -0.2) is 9.97 Å². The Kier molecular flexibility index (Phi) is 5.92. The summed E-state index contributed by atoms with van der Waals surface area (Å²) in [6.07, 6.45) is 5.00. The van der Waals surface area contributed by atoms with Gasteiger partial charge in [-0.3, -0.25) is 0 Å². The second-order valence-corrected chi connectivity index (χ2v) is 6.89. The smallest absolute Gasteiger partial charge is 0.138 e. The van der Waals surface area contributed by atoms with Crippen molar-refractivity contribution in [1.82, 2.24) is 15.3 Å². The molecule has 1 aromatic rings. The van der Waals surface area contributed by atoms with Gasteiger partial charge in [-0.1, -0.05) is 27.7 Å². The molecule has 0 fully saturated rings. The number of thioether (sulfide) groups is 1. The predicted octanol–water partition coefficient (Wildman–Crippen LogP) is 3.01. The Labute approximate surface area is 109 Å². The van der Waals surface area contributed by atoms with Crippen molar-refractivity contribution >= 4 is 11.8 Å². The lowest BCUT2D eigenvalue weighted by Crippen LogP contribution is -2.14. The summed E-state index contributed by atoms with van der Waals surface area (Å²) in [6.45, 7) is 10.7. The molecule has 0 aliphatic heterocycles. The van der Waals surface area contributed by atoms with Crippen molar-refractivity contribution in [2.75, 3.05) is 6.54 Å². The molecule has 4 heteroatoms. The lowest BCUT2D eigenvalue weighted by Gasteiger charge is -2.16. The van der Waals surface area contributed by atoms with Gasteiger partial charge in [0.05, 0.1) is 5.75 Å². The first-order valence-electron chi connectivity index (χ1n) is 6.16. The number of hydrogen-bond donors (Lipinski definition) is 1. The number of nitrogens with one attached hydrogen (secondary N) is 1. The maximum absolute atomic E-state index is 4.39. The van der Waals surface area contributed by atoms with Crippen molar-refractivity contribution in [3.8, 4) is 0 Å². The normalized spacial score (nSPS) is 11.8. The maximum Gasteiger partial charge on any atom is 0.138 e. The minimum absolute atomic E-state index is 0.269. The molecular formula is C13H23N3S. The van der Waals surface area contributed by atoms with Crippen LogP contribution in [0.1, 0.15) is 45.5 Å². The molecule has 0 aliphatic rings. The fourth-order valence-electron chi connectivity index (χ4n) is 1.24. The molecule has 0 aromatic carbocycles. The summed E-state index contributed by atoms with van der Waals surface area (Å²) in [7, 11) is 0. The van der Waals surface area contributed by atoms with Gasteiger partial charge < -0.3 is 5.32 Å². The second kappa shape index (κ2) is 6.97. The number of rotatable bonds is 6. The van der Waals surface area contributed by atoms with Crippen LogP contribution in [0.3, 0.4) is 0 Å². The lowest BCUT2D eigenvalue weighted by molar-refractivity contribution is 0.671. The van der Waals surface area contributed by atoms with Crippen molar-refractivity contribution in [3.63, 3.8) is 0 Å². The molecule has 0 aliphatic carbocycles. The van der Waals surface area contributed by atoms with Crippen molar-refractivity contribution in [1.29, 1.82) is 0 Å². The molecule has 0 saturated heterocycles. The van der Waals surface area contributed by atoms with Crippen LogP contribution < -0.4 is 5.32 Å². The summed E-state index contributed by atoms with van der Waals surface area (Å²) >= 11 is 1.87. The third kappa shape index (κ3) is 6.64. The molecule has 1 N–H and O–H groups in total. The van der Waals surface area contributed by atoms with E-state index in [1.54, 1.807) is 0 Å². The first kappa shape index (κ1) is 14.5. The van der Waals surface area contributed by atoms with Gasteiger partial charge in [0, 0.05) is 29.2 Å². The molecule has 0 bridgehead atoms. The average Bonchev–Trinajstić information content (AvgIpc) is 2.27. The van der Waals surface area contributed by atoms with E-state index >= 15 is 0 Å². The van der Waals surface area contributed by atoms with Crippen LogP contribution >= 0.6 is 11.8 Å². The average molecular weight is 253 g/mol. The molecule has 0 spiro atoms. The summed E-state index contributed by atoms with van der Waals surface area (Å²) in [5.74, 6) is 1.80. The highest BCUT2D eigenvalue weighted by molar-refractivity contribution is 7.99. The molecule has 0 unspecified atom stereocenters. The first-order chi connectivity index (χ1) is 8.01. The largest absolute Gasteiger partial charge is 0.313 e. The Morgan fingerprint density at radius 2 is 1.88 bits per heavy atom. The van der Waals surface area contributed by atoms with Crippen LogP contribution in [0.4, 0.5) is 0 Å². The molecule has 1 aromatic heterocycles. The van der Waals surface area contributed by atoms with Crippen LogP contribution in [0.25, 0.3) is 0 Å². The summed E-state index contributed by atoms with van der Waals surface area (Å²) in [5, 5.41) is 3.34. The molecule has 3 nitrogen and oxygen atoms in total. The van der Waals surface area contributed by atoms with E-state index < -0.39 is 0 Å². The fraction of sp³-hybridized carbons (Fsp3) is 0.692. The maximum atomic E-state index is 4.39. The first-order valence-corrected chi connectivity index (χ1v) is 7.14. The van der Waals surface area contributed by atoms with E-state index in [9.17, 15) is 0 Å². The Balaban J connectivity index is 2.39. The van der Waals surface area contributed by atoms with Crippen molar-refractivity contribution < 1.29 is 0 Å². The van der Waals surface area contributed by atoms with E-state index in [4.69, 9.17) is 0 Å². The van der Waals surface area contributed by atoms with Crippen LogP contribution in [0.15, 0.2) is 12.4 Å². The van der Waals surface area contributed by atoms with E-state index in [2.05, 4.69) is 43.0 Å². The van der Waals surface area contributed by atoms with E-state index in [1.165, 1.54) is 0 Å². The van der Waals surface area contributed by atoms with E-state index in [0.717, 1.165) is 36.7 Å². The Morgan fingerprint density at radius 1 is 1.24 bits per heavy atom. The van der Waals surface area contributed by atoms with E-state index in [0.29, 0.717) is 0 Å². The Hall–Kier alpha value is -0.610. The molecule has 96 valence electrons. The van der Waals surface area contributed by atoms with Crippen LogP contribution in [0.5, 0.6) is 0 Å². The zero-order valence-corrected chi connectivity index (χ0v) is 12.1. The van der Waals surface area contributed by atoms with Gasteiger partial charge in [0.15, 0.2) is 0 Å². The van der Waals surface area contributed by atoms with Crippen molar-refractivity contribution in [2.45, 2.75) is 51.2 Å². The van der Waals surface area contributed by atoms with Crippen LogP contribution in [-0.4, -0.2) is 21.3 Å². The third-order valence-electron chi connectivity index (χ3n) is 2.15. The van der Waals surface area contributed by atoms with Gasteiger partial charge in [0.25, 0.3) is 0 Å². The van der Waals surface area contributed by atoms with Crippen molar-refractivity contribution in [3.05, 3.63) is 23.8 Å². The summed E-state index contributed by atoms with van der Waals surface area (Å²) in [5.41, 5.74) is 1.16. The summed E-state index contributed by atoms with van der Waals surface area (Å²) < 4.78 is 0.269. The molecular weight excluding hydrogens is 230 g/mol. The van der Waals surface area contributed by atoms with Gasteiger partial charge >= 0.3 is 0 Å². The van der Waals surface area contributed by atoms with E-state index in [-0.39, 0.29) is 4.75 Å². The Bertz CT molecular complexity index is 316. The van der Waals surface area contributed by atoms with Crippen LogP contribution in [0, 0.1) is 0 Å². The quantitative estimate of drug-likeness (QED) is 0.791. The molecule has 1 heterocycles. The molecule has 0 amide bonds. The van der Waals surface area contributed by atoms with Crippen molar-refractivity contribution in [2.24, 2.45) is 0 Å². The summed E-state index contributed by atoms with van der Waals surface area (Å²) in [6, 6.07) is 0. The molecule has 0 saturated carbocycles. The monoisotopic (exact) mass is 253 g/mol. The SMILES string of the molecule is CCCNCc1cnc(CSC(C)(C)C)nc1. The predicted molar refractivity (Wildman–Crippen MR) is 75.1 cm³/mol. The highest BCUT2D eigenvalue weighted by Crippen LogP contribution is 2.25. The second-order valence-electron chi connectivity index (χ2n) is 5.09. The van der Waals surface area contributed by atoms with Crippen LogP contribution in [0.2, 0.25) is 0 Å². The summed E-state index contributed by atoms with van der Waals surface area (Å²) in [4.78, 5) is 8.78. The minimum atomic E-state index is 0.269.